The molecule has 0 aromatic carbocycles. The van der Waals surface area contributed by atoms with Gasteiger partial charge in [0.2, 0.25) is 0 Å². The fourth-order valence-electron chi connectivity index (χ4n) is 2.04. The first-order valence-electron chi connectivity index (χ1n) is 5.95. The van der Waals surface area contributed by atoms with Gasteiger partial charge in [-0.25, -0.2) is 4.98 Å². The standard InChI is InChI=1S/C13H15N3O/c1-9-6-11(9)14-8-10-7-13(17)16-5-3-2-4-12(16)15-10/h2-5,7,9,11,14H,6,8H2,1H3. The summed E-state index contributed by atoms with van der Waals surface area (Å²) in [5.74, 6) is 0.761. The smallest absolute Gasteiger partial charge is 0.258 e. The monoisotopic (exact) mass is 229 g/mol. The second-order valence-electron chi connectivity index (χ2n) is 4.71. The van der Waals surface area contributed by atoms with Gasteiger partial charge in [-0.1, -0.05) is 13.0 Å². The van der Waals surface area contributed by atoms with Gasteiger partial charge in [-0.3, -0.25) is 9.20 Å². The predicted octanol–water partition coefficient (Wildman–Crippen LogP) is 1.19. The third kappa shape index (κ3) is 2.08. The molecule has 1 aliphatic carbocycles. The summed E-state index contributed by atoms with van der Waals surface area (Å²) in [5, 5.41) is 3.40. The number of hydrogen-bond acceptors (Lipinski definition) is 3. The van der Waals surface area contributed by atoms with E-state index in [9.17, 15) is 4.79 Å². The van der Waals surface area contributed by atoms with Crippen molar-refractivity contribution >= 4 is 5.65 Å². The summed E-state index contributed by atoms with van der Waals surface area (Å²) in [6, 6.07) is 7.78. The summed E-state index contributed by atoms with van der Waals surface area (Å²) in [6.07, 6.45) is 2.97. The van der Waals surface area contributed by atoms with Crippen LogP contribution in [0.25, 0.3) is 5.65 Å². The van der Waals surface area contributed by atoms with E-state index < -0.39 is 0 Å². The van der Waals surface area contributed by atoms with Crippen LogP contribution in [0.4, 0.5) is 0 Å². The number of pyridine rings is 1. The molecule has 2 aromatic heterocycles. The van der Waals surface area contributed by atoms with Crippen molar-refractivity contribution in [1.82, 2.24) is 14.7 Å². The average Bonchev–Trinajstić information content (AvgIpc) is 3.03. The highest BCUT2D eigenvalue weighted by atomic mass is 16.1. The number of aromatic nitrogens is 2. The molecule has 1 fully saturated rings. The van der Waals surface area contributed by atoms with Crippen LogP contribution in [-0.4, -0.2) is 15.4 Å². The Morgan fingerprint density at radius 2 is 2.35 bits per heavy atom. The molecule has 1 saturated carbocycles. The molecule has 0 radical (unpaired) electrons. The molecule has 2 heterocycles. The minimum atomic E-state index is -0.0174. The van der Waals surface area contributed by atoms with Crippen LogP contribution in [0.15, 0.2) is 35.3 Å². The minimum Gasteiger partial charge on any atom is -0.308 e. The molecule has 0 amide bonds. The van der Waals surface area contributed by atoms with Crippen LogP contribution in [0.2, 0.25) is 0 Å². The number of fused-ring (bicyclic) bond motifs is 1. The van der Waals surface area contributed by atoms with Gasteiger partial charge in [0.25, 0.3) is 5.56 Å². The molecule has 3 rings (SSSR count). The molecule has 4 nitrogen and oxygen atoms in total. The summed E-state index contributed by atoms with van der Waals surface area (Å²) in [7, 11) is 0. The summed E-state index contributed by atoms with van der Waals surface area (Å²) >= 11 is 0. The Labute approximate surface area is 99.3 Å². The van der Waals surface area contributed by atoms with E-state index >= 15 is 0 Å². The largest absolute Gasteiger partial charge is 0.308 e. The van der Waals surface area contributed by atoms with Crippen LogP contribution >= 0.6 is 0 Å². The highest BCUT2D eigenvalue weighted by Gasteiger charge is 2.31. The Morgan fingerprint density at radius 1 is 1.53 bits per heavy atom. The Bertz CT molecular complexity index is 605. The summed E-state index contributed by atoms with van der Waals surface area (Å²) in [4.78, 5) is 16.3. The van der Waals surface area contributed by atoms with E-state index in [4.69, 9.17) is 0 Å². The molecule has 2 atom stereocenters. The first-order valence-corrected chi connectivity index (χ1v) is 5.95. The number of nitrogens with one attached hydrogen (secondary N) is 1. The van der Waals surface area contributed by atoms with Crippen LogP contribution in [0.5, 0.6) is 0 Å². The van der Waals surface area contributed by atoms with Gasteiger partial charge in [0.15, 0.2) is 0 Å². The lowest BCUT2D eigenvalue weighted by Gasteiger charge is -2.04. The normalized spacial score (nSPS) is 22.9. The third-order valence-electron chi connectivity index (χ3n) is 3.28. The fraction of sp³-hybridized carbons (Fsp3) is 0.385. The van der Waals surface area contributed by atoms with Crippen molar-refractivity contribution < 1.29 is 0 Å². The maximum absolute atomic E-state index is 11.8. The van der Waals surface area contributed by atoms with E-state index in [1.165, 1.54) is 6.42 Å². The van der Waals surface area contributed by atoms with Crippen molar-refractivity contribution in [3.05, 3.63) is 46.5 Å². The van der Waals surface area contributed by atoms with Crippen molar-refractivity contribution in [3.8, 4) is 0 Å². The van der Waals surface area contributed by atoms with Gasteiger partial charge in [-0.05, 0) is 24.5 Å². The van der Waals surface area contributed by atoms with Gasteiger partial charge in [0.05, 0.1) is 5.69 Å². The van der Waals surface area contributed by atoms with Crippen LogP contribution in [0.3, 0.4) is 0 Å². The van der Waals surface area contributed by atoms with Gasteiger partial charge in [-0.15, -0.1) is 0 Å². The zero-order valence-corrected chi connectivity index (χ0v) is 9.76. The Morgan fingerprint density at radius 3 is 3.12 bits per heavy atom. The average molecular weight is 229 g/mol. The molecule has 0 saturated heterocycles. The van der Waals surface area contributed by atoms with E-state index in [1.54, 1.807) is 16.7 Å². The maximum atomic E-state index is 11.8. The lowest BCUT2D eigenvalue weighted by Crippen LogP contribution is -2.21. The van der Waals surface area contributed by atoms with E-state index in [-0.39, 0.29) is 5.56 Å². The van der Waals surface area contributed by atoms with Crippen LogP contribution in [-0.2, 0) is 6.54 Å². The highest BCUT2D eigenvalue weighted by molar-refractivity contribution is 5.37. The Hall–Kier alpha value is -1.68. The van der Waals surface area contributed by atoms with Gasteiger partial charge in [0, 0.05) is 24.8 Å². The van der Waals surface area contributed by atoms with Crippen molar-refractivity contribution in [2.45, 2.75) is 25.9 Å². The predicted molar refractivity (Wildman–Crippen MR) is 65.9 cm³/mol. The summed E-state index contributed by atoms with van der Waals surface area (Å²) < 4.78 is 1.56. The lowest BCUT2D eigenvalue weighted by molar-refractivity contribution is 0.641. The SMILES string of the molecule is CC1CC1NCc1cc(=O)n2ccccc2n1. The molecule has 17 heavy (non-hydrogen) atoms. The van der Waals surface area contributed by atoms with E-state index in [0.29, 0.717) is 18.2 Å². The first-order chi connectivity index (χ1) is 8.24. The number of hydrogen-bond donors (Lipinski definition) is 1. The van der Waals surface area contributed by atoms with Gasteiger partial charge in [-0.2, -0.15) is 0 Å². The molecule has 1 aliphatic rings. The molecular formula is C13H15N3O. The zero-order chi connectivity index (χ0) is 11.8. The quantitative estimate of drug-likeness (QED) is 0.860. The number of nitrogens with zero attached hydrogens (tertiary/aromatic N) is 2. The topological polar surface area (TPSA) is 46.4 Å². The summed E-state index contributed by atoms with van der Waals surface area (Å²) in [5.41, 5.74) is 1.51. The fourth-order valence-corrected chi connectivity index (χ4v) is 2.04. The number of rotatable bonds is 3. The molecule has 88 valence electrons. The first kappa shape index (κ1) is 10.5. The van der Waals surface area contributed by atoms with Crippen LogP contribution in [0.1, 0.15) is 19.0 Å². The lowest BCUT2D eigenvalue weighted by atomic mass is 10.3. The zero-order valence-electron chi connectivity index (χ0n) is 9.76. The van der Waals surface area contributed by atoms with E-state index in [1.807, 2.05) is 18.2 Å². The molecule has 4 heteroatoms. The summed E-state index contributed by atoms with van der Waals surface area (Å²) in [6.45, 7) is 2.90. The Kier molecular flexibility index (Phi) is 2.44. The van der Waals surface area contributed by atoms with Crippen molar-refractivity contribution in [2.24, 2.45) is 5.92 Å². The molecule has 0 bridgehead atoms. The van der Waals surface area contributed by atoms with E-state index in [0.717, 1.165) is 11.6 Å². The molecule has 2 unspecified atom stereocenters. The molecule has 0 aliphatic heterocycles. The second kappa shape index (κ2) is 3.96. The van der Waals surface area contributed by atoms with Gasteiger partial charge in [0.1, 0.15) is 5.65 Å². The molecule has 1 N–H and O–H groups in total. The Balaban J connectivity index is 1.87. The van der Waals surface area contributed by atoms with Gasteiger partial charge >= 0.3 is 0 Å². The molecule has 0 spiro atoms. The minimum absolute atomic E-state index is 0.0174. The van der Waals surface area contributed by atoms with Crippen molar-refractivity contribution in [1.29, 1.82) is 0 Å². The molecule has 2 aromatic rings. The second-order valence-corrected chi connectivity index (χ2v) is 4.71. The molecular weight excluding hydrogens is 214 g/mol. The van der Waals surface area contributed by atoms with Gasteiger partial charge < -0.3 is 5.32 Å². The maximum Gasteiger partial charge on any atom is 0.258 e. The van der Waals surface area contributed by atoms with Crippen molar-refractivity contribution in [2.75, 3.05) is 0 Å². The van der Waals surface area contributed by atoms with E-state index in [2.05, 4.69) is 17.2 Å². The van der Waals surface area contributed by atoms with Crippen molar-refractivity contribution in [3.63, 3.8) is 0 Å². The third-order valence-corrected chi connectivity index (χ3v) is 3.28. The van der Waals surface area contributed by atoms with Crippen LogP contribution in [0, 0.1) is 5.92 Å². The highest BCUT2D eigenvalue weighted by Crippen LogP contribution is 2.29. The van der Waals surface area contributed by atoms with Crippen LogP contribution < -0.4 is 10.9 Å².